The number of amides is 1. The van der Waals surface area contributed by atoms with Crippen molar-refractivity contribution in [1.29, 1.82) is 0 Å². The third-order valence-corrected chi connectivity index (χ3v) is 3.49. The molecule has 0 unspecified atom stereocenters. The summed E-state index contributed by atoms with van der Waals surface area (Å²) in [6.45, 7) is 0.547. The zero-order valence-corrected chi connectivity index (χ0v) is 12.9. The summed E-state index contributed by atoms with van der Waals surface area (Å²) in [4.78, 5) is 15.8. The van der Waals surface area contributed by atoms with E-state index in [1.807, 2.05) is 24.3 Å². The molecule has 0 aliphatic heterocycles. The van der Waals surface area contributed by atoms with Gasteiger partial charge in [0.15, 0.2) is 0 Å². The highest BCUT2D eigenvalue weighted by molar-refractivity contribution is 5.75. The highest BCUT2D eigenvalue weighted by atomic mass is 16.5. The van der Waals surface area contributed by atoms with Crippen LogP contribution in [0.4, 0.5) is 0 Å². The number of benzene rings is 1. The molecule has 0 aliphatic carbocycles. The predicted octanol–water partition coefficient (Wildman–Crippen LogP) is 3.12. The average molecular weight is 298 g/mol. The summed E-state index contributed by atoms with van der Waals surface area (Å²) >= 11 is 0. The molecule has 0 spiro atoms. The van der Waals surface area contributed by atoms with Gasteiger partial charge < -0.3 is 10.1 Å². The van der Waals surface area contributed by atoms with Crippen molar-refractivity contribution in [2.24, 2.45) is 0 Å². The predicted molar refractivity (Wildman–Crippen MR) is 86.6 cm³/mol. The summed E-state index contributed by atoms with van der Waals surface area (Å²) in [5.41, 5.74) is 2.30. The van der Waals surface area contributed by atoms with Gasteiger partial charge in [0, 0.05) is 25.4 Å². The van der Waals surface area contributed by atoms with Gasteiger partial charge in [-0.05, 0) is 48.6 Å². The van der Waals surface area contributed by atoms with Crippen LogP contribution in [0.25, 0.3) is 0 Å². The van der Waals surface area contributed by atoms with E-state index in [0.29, 0.717) is 13.0 Å². The molecule has 1 aromatic heterocycles. The number of rotatable bonds is 8. The lowest BCUT2D eigenvalue weighted by atomic mass is 10.1. The molecule has 0 aliphatic rings. The fraction of sp³-hybridized carbons (Fsp3) is 0.333. The van der Waals surface area contributed by atoms with Crippen molar-refractivity contribution in [2.45, 2.75) is 32.2 Å². The third-order valence-electron chi connectivity index (χ3n) is 3.49. The molecule has 2 aromatic rings. The lowest BCUT2D eigenvalue weighted by Crippen LogP contribution is -2.22. The zero-order chi connectivity index (χ0) is 15.6. The van der Waals surface area contributed by atoms with Crippen molar-refractivity contribution < 1.29 is 9.53 Å². The van der Waals surface area contributed by atoms with E-state index in [0.717, 1.165) is 30.6 Å². The molecule has 116 valence electrons. The van der Waals surface area contributed by atoms with Crippen LogP contribution in [-0.4, -0.2) is 18.0 Å². The molecule has 0 saturated heterocycles. The first-order valence-electron chi connectivity index (χ1n) is 7.56. The number of nitrogens with one attached hydrogen (secondary N) is 1. The van der Waals surface area contributed by atoms with Crippen LogP contribution in [0.5, 0.6) is 5.75 Å². The molecule has 0 saturated carbocycles. The summed E-state index contributed by atoms with van der Waals surface area (Å²) in [7, 11) is 1.67. The monoisotopic (exact) mass is 298 g/mol. The molecular formula is C18H22N2O2. The Morgan fingerprint density at radius 2 is 1.95 bits per heavy atom. The second kappa shape index (κ2) is 8.82. The van der Waals surface area contributed by atoms with E-state index in [-0.39, 0.29) is 5.91 Å². The second-order valence-corrected chi connectivity index (χ2v) is 5.19. The van der Waals surface area contributed by atoms with E-state index in [4.69, 9.17) is 4.74 Å². The largest absolute Gasteiger partial charge is 0.497 e. The Hall–Kier alpha value is -2.36. The molecule has 4 nitrogen and oxygen atoms in total. The van der Waals surface area contributed by atoms with Gasteiger partial charge in [0.25, 0.3) is 0 Å². The Kier molecular flexibility index (Phi) is 6.42. The van der Waals surface area contributed by atoms with E-state index >= 15 is 0 Å². The highest BCUT2D eigenvalue weighted by Crippen LogP contribution is 2.13. The van der Waals surface area contributed by atoms with Crippen LogP contribution in [0.15, 0.2) is 48.8 Å². The molecule has 1 amide bonds. The maximum atomic E-state index is 11.8. The number of methoxy groups -OCH3 is 1. The van der Waals surface area contributed by atoms with Crippen LogP contribution in [0, 0.1) is 0 Å². The second-order valence-electron chi connectivity index (χ2n) is 5.19. The minimum absolute atomic E-state index is 0.0959. The van der Waals surface area contributed by atoms with Gasteiger partial charge in [-0.3, -0.25) is 9.78 Å². The first-order chi connectivity index (χ1) is 10.8. The lowest BCUT2D eigenvalue weighted by molar-refractivity contribution is -0.121. The number of nitrogens with zero attached hydrogens (tertiary/aromatic N) is 1. The van der Waals surface area contributed by atoms with Gasteiger partial charge in [0.05, 0.1) is 7.11 Å². The molecule has 0 radical (unpaired) electrons. The van der Waals surface area contributed by atoms with Gasteiger partial charge in [-0.15, -0.1) is 0 Å². The molecule has 0 fully saturated rings. The van der Waals surface area contributed by atoms with Crippen molar-refractivity contribution in [2.75, 3.05) is 7.11 Å². The summed E-state index contributed by atoms with van der Waals surface area (Å²) in [5, 5.41) is 2.92. The number of aromatic nitrogens is 1. The molecular weight excluding hydrogens is 276 g/mol. The molecule has 2 rings (SSSR count). The molecule has 4 heteroatoms. The van der Waals surface area contributed by atoms with Crippen molar-refractivity contribution in [1.82, 2.24) is 10.3 Å². The van der Waals surface area contributed by atoms with Gasteiger partial charge >= 0.3 is 0 Å². The Morgan fingerprint density at radius 3 is 2.64 bits per heavy atom. The van der Waals surface area contributed by atoms with Gasteiger partial charge in [-0.2, -0.15) is 0 Å². The van der Waals surface area contributed by atoms with Crippen LogP contribution >= 0.6 is 0 Å². The summed E-state index contributed by atoms with van der Waals surface area (Å²) in [6.07, 6.45) is 6.95. The SMILES string of the molecule is COc1ccc(CCCCC(=O)NCc2cccnc2)cc1. The Bertz CT molecular complexity index is 567. The Balaban J connectivity index is 1.60. The number of ether oxygens (including phenoxy) is 1. The van der Waals surface area contributed by atoms with Gasteiger partial charge in [-0.1, -0.05) is 18.2 Å². The Labute approximate surface area is 131 Å². The minimum atomic E-state index is 0.0959. The molecule has 0 atom stereocenters. The summed E-state index contributed by atoms with van der Waals surface area (Å²) < 4.78 is 5.13. The van der Waals surface area contributed by atoms with E-state index in [1.165, 1.54) is 5.56 Å². The number of unbranched alkanes of at least 4 members (excludes halogenated alkanes) is 1. The van der Waals surface area contributed by atoms with Crippen LogP contribution in [0.1, 0.15) is 30.4 Å². The minimum Gasteiger partial charge on any atom is -0.497 e. The first kappa shape index (κ1) is 16.0. The number of hydrogen-bond donors (Lipinski definition) is 1. The van der Waals surface area contributed by atoms with E-state index in [1.54, 1.807) is 19.5 Å². The zero-order valence-electron chi connectivity index (χ0n) is 12.9. The molecule has 1 N–H and O–H groups in total. The normalized spacial score (nSPS) is 10.2. The molecule has 22 heavy (non-hydrogen) atoms. The Morgan fingerprint density at radius 1 is 1.14 bits per heavy atom. The van der Waals surface area contributed by atoms with Crippen molar-refractivity contribution >= 4 is 5.91 Å². The van der Waals surface area contributed by atoms with Gasteiger partial charge in [0.2, 0.25) is 5.91 Å². The maximum absolute atomic E-state index is 11.8. The van der Waals surface area contributed by atoms with Crippen molar-refractivity contribution in [3.05, 3.63) is 59.9 Å². The fourth-order valence-electron chi connectivity index (χ4n) is 2.20. The highest BCUT2D eigenvalue weighted by Gasteiger charge is 2.02. The number of carbonyl (C=O) groups excluding carboxylic acids is 1. The first-order valence-corrected chi connectivity index (χ1v) is 7.56. The number of aryl methyl sites for hydroxylation is 1. The average Bonchev–Trinajstić information content (AvgIpc) is 2.58. The van der Waals surface area contributed by atoms with Crippen molar-refractivity contribution in [3.63, 3.8) is 0 Å². The topological polar surface area (TPSA) is 51.2 Å². The maximum Gasteiger partial charge on any atom is 0.220 e. The summed E-state index contributed by atoms with van der Waals surface area (Å²) in [6, 6.07) is 11.9. The standard InChI is InChI=1S/C18H22N2O2/c1-22-17-10-8-15(9-11-17)5-2-3-7-18(21)20-14-16-6-4-12-19-13-16/h4,6,8-13H,2-3,5,7,14H2,1H3,(H,20,21). The van der Waals surface area contributed by atoms with Gasteiger partial charge in [-0.25, -0.2) is 0 Å². The smallest absolute Gasteiger partial charge is 0.220 e. The van der Waals surface area contributed by atoms with Gasteiger partial charge in [0.1, 0.15) is 5.75 Å². The third kappa shape index (κ3) is 5.56. The van der Waals surface area contributed by atoms with E-state index in [9.17, 15) is 4.79 Å². The number of hydrogen-bond acceptors (Lipinski definition) is 3. The number of carbonyl (C=O) groups is 1. The van der Waals surface area contributed by atoms with Crippen LogP contribution < -0.4 is 10.1 Å². The molecule has 1 aromatic carbocycles. The number of pyridine rings is 1. The van der Waals surface area contributed by atoms with Crippen LogP contribution in [0.3, 0.4) is 0 Å². The molecule has 0 bridgehead atoms. The summed E-state index contributed by atoms with van der Waals surface area (Å²) in [5.74, 6) is 0.970. The van der Waals surface area contributed by atoms with Crippen LogP contribution in [-0.2, 0) is 17.8 Å². The van der Waals surface area contributed by atoms with Crippen molar-refractivity contribution in [3.8, 4) is 5.75 Å². The van der Waals surface area contributed by atoms with E-state index < -0.39 is 0 Å². The quantitative estimate of drug-likeness (QED) is 0.762. The molecule has 1 heterocycles. The van der Waals surface area contributed by atoms with E-state index in [2.05, 4.69) is 22.4 Å². The lowest BCUT2D eigenvalue weighted by Gasteiger charge is -2.06. The van der Waals surface area contributed by atoms with Crippen LogP contribution in [0.2, 0.25) is 0 Å². The fourth-order valence-corrected chi connectivity index (χ4v) is 2.20.